The molecule has 0 saturated carbocycles. The SMILES string of the molecule is Cc1ccccc1-c1c(C#N)c(-n2c3ccccc3c3ccc4c5ccccc5sc4c32)c(-c2ccccc2C)c(-n2c3ccccc3c3ccc4c5ccccc5sc4c32)c1C#N. The number of hydrogen-bond acceptors (Lipinski definition) is 4. The van der Waals surface area contributed by atoms with Crippen molar-refractivity contribution >= 4 is 107 Å². The van der Waals surface area contributed by atoms with E-state index in [4.69, 9.17) is 0 Å². The summed E-state index contributed by atoms with van der Waals surface area (Å²) in [6.07, 6.45) is 0. The lowest BCUT2D eigenvalue weighted by Gasteiger charge is -2.26. The fourth-order valence-electron chi connectivity index (χ4n) is 10.5. The van der Waals surface area contributed by atoms with Crippen LogP contribution in [0, 0.1) is 36.5 Å². The molecule has 13 rings (SSSR count). The number of nitrogens with zero attached hydrogens (tertiary/aromatic N) is 4. The van der Waals surface area contributed by atoms with Crippen LogP contribution in [-0.2, 0) is 0 Å². The summed E-state index contributed by atoms with van der Waals surface area (Å²) in [4.78, 5) is 0. The Morgan fingerprint density at radius 3 is 1.20 bits per heavy atom. The highest BCUT2D eigenvalue weighted by Gasteiger charge is 2.33. The molecule has 4 heterocycles. The summed E-state index contributed by atoms with van der Waals surface area (Å²) in [6.45, 7) is 4.22. The van der Waals surface area contributed by atoms with Gasteiger partial charge in [0, 0.05) is 63.6 Å². The van der Waals surface area contributed by atoms with Crippen molar-refractivity contribution in [3.63, 3.8) is 0 Å². The second-order valence-corrected chi connectivity index (χ2v) is 18.7. The summed E-state index contributed by atoms with van der Waals surface area (Å²) < 4.78 is 9.47. The lowest BCUT2D eigenvalue weighted by molar-refractivity contribution is 1.12. The van der Waals surface area contributed by atoms with Crippen LogP contribution in [-0.4, -0.2) is 9.13 Å². The molecule has 4 nitrogen and oxygen atoms in total. The van der Waals surface area contributed by atoms with Gasteiger partial charge in [-0.3, -0.25) is 0 Å². The van der Waals surface area contributed by atoms with Crippen molar-refractivity contribution < 1.29 is 0 Å². The van der Waals surface area contributed by atoms with Crippen LogP contribution < -0.4 is 0 Å². The van der Waals surface area contributed by atoms with Crippen LogP contribution in [0.2, 0.25) is 0 Å². The Balaban J connectivity index is 1.36. The number of nitriles is 2. The quantitative estimate of drug-likeness (QED) is 0.177. The number of aromatic nitrogens is 2. The molecule has 0 aliphatic carbocycles. The number of hydrogen-bond donors (Lipinski definition) is 0. The molecule has 0 unspecified atom stereocenters. The molecule has 0 saturated heterocycles. The van der Waals surface area contributed by atoms with E-state index in [0.29, 0.717) is 16.7 Å². The van der Waals surface area contributed by atoms with Gasteiger partial charge in [-0.05, 0) is 60.4 Å². The van der Waals surface area contributed by atoms with Crippen LogP contribution in [0.3, 0.4) is 0 Å². The number of benzene rings is 9. The number of para-hydroxylation sites is 2. The molecule has 0 aliphatic heterocycles. The number of thiophene rings is 2. The monoisotopic (exact) mass is 850 g/mol. The zero-order valence-electron chi connectivity index (χ0n) is 34.8. The van der Waals surface area contributed by atoms with E-state index < -0.39 is 0 Å². The fraction of sp³-hybridized carbons (Fsp3) is 0.0345. The highest BCUT2D eigenvalue weighted by molar-refractivity contribution is 7.27. The van der Waals surface area contributed by atoms with E-state index >= 15 is 0 Å². The lowest BCUT2D eigenvalue weighted by atomic mass is 9.84. The molecule has 13 aromatic rings. The third-order valence-corrected chi connectivity index (χ3v) is 15.7. The Labute approximate surface area is 375 Å². The molecule has 0 N–H and O–H groups in total. The molecule has 0 atom stereocenters. The molecule has 6 heteroatoms. The van der Waals surface area contributed by atoms with Crippen molar-refractivity contribution in [3.05, 3.63) is 192 Å². The standard InChI is InChI=1S/C58H34N4S2/c1-33-15-3-5-17-35(33)51-45(31-59)53(61-47-23-11-7-19-37(47)41-27-29-43-39-21-9-13-25-49(39)63-57(43)55(41)61)52(36-18-6-4-16-34(36)2)54(46(51)32-60)62-48-24-12-8-20-38(48)42-28-30-44-40-22-10-14-26-50(40)64-58(44)56(42)62/h3-30H,1-2H3. The Bertz CT molecular complexity index is 4030. The number of rotatable bonds is 4. The van der Waals surface area contributed by atoms with Crippen molar-refractivity contribution in [2.45, 2.75) is 13.8 Å². The van der Waals surface area contributed by atoms with E-state index in [1.54, 1.807) is 22.7 Å². The zero-order valence-corrected chi connectivity index (χ0v) is 36.4. The summed E-state index contributed by atoms with van der Waals surface area (Å²) in [7, 11) is 0. The maximum atomic E-state index is 12.0. The van der Waals surface area contributed by atoms with Crippen molar-refractivity contribution in [1.29, 1.82) is 10.5 Å². The van der Waals surface area contributed by atoms with Gasteiger partial charge in [0.05, 0.1) is 54.0 Å². The van der Waals surface area contributed by atoms with E-state index in [2.05, 4.69) is 193 Å². The summed E-state index contributed by atoms with van der Waals surface area (Å²) in [5.74, 6) is 0. The van der Waals surface area contributed by atoms with E-state index in [9.17, 15) is 10.5 Å². The summed E-state index contributed by atoms with van der Waals surface area (Å²) in [6, 6.07) is 65.7. The van der Waals surface area contributed by atoms with E-state index in [1.807, 2.05) is 12.1 Å². The molecular formula is C58H34N4S2. The van der Waals surface area contributed by atoms with Crippen LogP contribution in [0.15, 0.2) is 170 Å². The van der Waals surface area contributed by atoms with Crippen molar-refractivity contribution in [3.8, 4) is 45.8 Å². The Morgan fingerprint density at radius 1 is 0.375 bits per heavy atom. The predicted molar refractivity (Wildman–Crippen MR) is 271 cm³/mol. The van der Waals surface area contributed by atoms with Gasteiger partial charge in [-0.1, -0.05) is 146 Å². The molecule has 0 fully saturated rings. The van der Waals surface area contributed by atoms with Crippen LogP contribution >= 0.6 is 22.7 Å². The minimum atomic E-state index is 0.460. The Hall–Kier alpha value is -8.00. The average molecular weight is 851 g/mol. The van der Waals surface area contributed by atoms with Crippen molar-refractivity contribution in [2.24, 2.45) is 0 Å². The van der Waals surface area contributed by atoms with Crippen LogP contribution in [0.4, 0.5) is 0 Å². The average Bonchev–Trinajstić information content (AvgIpc) is 4.09. The molecular weight excluding hydrogens is 817 g/mol. The number of fused-ring (bicyclic) bond motifs is 14. The van der Waals surface area contributed by atoms with E-state index in [1.165, 1.54) is 30.9 Å². The molecule has 0 spiro atoms. The maximum absolute atomic E-state index is 12.0. The second kappa shape index (κ2) is 13.8. The van der Waals surface area contributed by atoms with Crippen LogP contribution in [0.25, 0.3) is 118 Å². The van der Waals surface area contributed by atoms with E-state index in [-0.39, 0.29) is 0 Å². The number of aryl methyl sites for hydroxylation is 2. The first kappa shape index (κ1) is 36.6. The summed E-state index contributed by atoms with van der Waals surface area (Å²) in [5, 5.41) is 33.2. The predicted octanol–water partition coefficient (Wildman–Crippen LogP) is 16.3. The molecule has 9 aromatic carbocycles. The molecule has 4 aromatic heterocycles. The zero-order chi connectivity index (χ0) is 42.8. The van der Waals surface area contributed by atoms with Crippen LogP contribution in [0.5, 0.6) is 0 Å². The summed E-state index contributed by atoms with van der Waals surface area (Å²) >= 11 is 3.59. The molecule has 0 amide bonds. The second-order valence-electron chi connectivity index (χ2n) is 16.6. The first-order chi connectivity index (χ1) is 31.6. The first-order valence-corrected chi connectivity index (χ1v) is 23.0. The summed E-state index contributed by atoms with van der Waals surface area (Å²) in [5.41, 5.74) is 11.8. The van der Waals surface area contributed by atoms with Gasteiger partial charge in [-0.2, -0.15) is 10.5 Å². The van der Waals surface area contributed by atoms with Crippen LogP contribution in [0.1, 0.15) is 22.3 Å². The minimum absolute atomic E-state index is 0.460. The van der Waals surface area contributed by atoms with Gasteiger partial charge >= 0.3 is 0 Å². The third kappa shape index (κ3) is 4.90. The van der Waals surface area contributed by atoms with Gasteiger partial charge in [0.25, 0.3) is 0 Å². The normalized spacial score (nSPS) is 11.9. The van der Waals surface area contributed by atoms with Gasteiger partial charge in [0.2, 0.25) is 0 Å². The molecule has 0 bridgehead atoms. The van der Waals surface area contributed by atoms with Gasteiger partial charge in [0.15, 0.2) is 0 Å². The molecule has 298 valence electrons. The molecule has 64 heavy (non-hydrogen) atoms. The topological polar surface area (TPSA) is 57.4 Å². The highest BCUT2D eigenvalue weighted by atomic mass is 32.1. The largest absolute Gasteiger partial charge is 0.306 e. The van der Waals surface area contributed by atoms with Crippen molar-refractivity contribution in [2.75, 3.05) is 0 Å². The third-order valence-electron chi connectivity index (χ3n) is 13.3. The Morgan fingerprint density at radius 2 is 0.750 bits per heavy atom. The van der Waals surface area contributed by atoms with E-state index in [0.717, 1.165) is 92.2 Å². The smallest absolute Gasteiger partial charge is 0.102 e. The highest BCUT2D eigenvalue weighted by Crippen LogP contribution is 2.52. The molecule has 0 radical (unpaired) electrons. The Kier molecular flexibility index (Phi) is 7.87. The van der Waals surface area contributed by atoms with Gasteiger partial charge in [0.1, 0.15) is 12.1 Å². The van der Waals surface area contributed by atoms with Crippen molar-refractivity contribution in [1.82, 2.24) is 9.13 Å². The van der Waals surface area contributed by atoms with Gasteiger partial charge in [-0.15, -0.1) is 22.7 Å². The van der Waals surface area contributed by atoms with Gasteiger partial charge < -0.3 is 9.13 Å². The minimum Gasteiger partial charge on any atom is -0.306 e. The lowest BCUT2D eigenvalue weighted by Crippen LogP contribution is -2.12. The first-order valence-electron chi connectivity index (χ1n) is 21.4. The maximum Gasteiger partial charge on any atom is 0.102 e. The molecule has 0 aliphatic rings. The fourth-order valence-corrected chi connectivity index (χ4v) is 13.0. The van der Waals surface area contributed by atoms with Gasteiger partial charge in [-0.25, -0.2) is 0 Å².